The average Bonchev–Trinajstić information content (AvgIpc) is 2.95. The first-order valence-electron chi connectivity index (χ1n) is 8.84. The van der Waals surface area contributed by atoms with Crippen LogP contribution in [0.3, 0.4) is 0 Å². The second-order valence-electron chi connectivity index (χ2n) is 6.53. The number of hydrogen-bond donors (Lipinski definition) is 1. The lowest BCUT2D eigenvalue weighted by Crippen LogP contribution is -2.26. The number of nitrogens with one attached hydrogen (secondary N) is 1. The van der Waals surface area contributed by atoms with Crippen LogP contribution in [0, 0.1) is 13.8 Å². The number of hydrogen-bond acceptors (Lipinski definition) is 6. The van der Waals surface area contributed by atoms with Gasteiger partial charge in [-0.2, -0.15) is 0 Å². The molecule has 150 valence electrons. The lowest BCUT2D eigenvalue weighted by Gasteiger charge is -2.14. The molecule has 0 aliphatic carbocycles. The fourth-order valence-corrected chi connectivity index (χ4v) is 3.17. The Balaban J connectivity index is 2.12. The van der Waals surface area contributed by atoms with Crippen molar-refractivity contribution < 1.29 is 28.6 Å². The smallest absolute Gasteiger partial charge is 0.311 e. The monoisotopic (exact) mass is 387 g/mol. The van der Waals surface area contributed by atoms with Crippen molar-refractivity contribution in [2.45, 2.75) is 40.2 Å². The summed E-state index contributed by atoms with van der Waals surface area (Å²) in [5.74, 6) is 0.0373. The van der Waals surface area contributed by atoms with Gasteiger partial charge >= 0.3 is 5.97 Å². The van der Waals surface area contributed by atoms with E-state index >= 15 is 0 Å². The minimum atomic E-state index is -0.992. The van der Waals surface area contributed by atoms with Gasteiger partial charge in [0.05, 0.1) is 26.3 Å². The third-order valence-electron chi connectivity index (χ3n) is 4.54. The molecule has 2 aromatic rings. The van der Waals surface area contributed by atoms with Crippen LogP contribution in [0.5, 0.6) is 11.5 Å². The Kier molecular flexibility index (Phi) is 6.62. The van der Waals surface area contributed by atoms with Gasteiger partial charge in [-0.25, -0.2) is 0 Å². The predicted octanol–water partition coefficient (Wildman–Crippen LogP) is 3.21. The fraction of sp³-hybridized carbons (Fsp3) is 0.381. The van der Waals surface area contributed by atoms with Gasteiger partial charge in [-0.1, -0.05) is 6.07 Å². The van der Waals surface area contributed by atoms with E-state index in [9.17, 15) is 14.4 Å². The minimum Gasteiger partial charge on any atom is -0.497 e. The molecule has 0 bridgehead atoms. The zero-order valence-corrected chi connectivity index (χ0v) is 17.0. The maximum absolute atomic E-state index is 12.7. The van der Waals surface area contributed by atoms with E-state index in [4.69, 9.17) is 14.2 Å². The maximum atomic E-state index is 12.7. The number of esters is 1. The molecule has 1 N–H and O–H groups in total. The number of carbonyl (C=O) groups is 3. The maximum Gasteiger partial charge on any atom is 0.311 e. The topological polar surface area (TPSA) is 94.7 Å². The largest absolute Gasteiger partial charge is 0.497 e. The summed E-state index contributed by atoms with van der Waals surface area (Å²) in [6, 6.07) is 5.10. The number of aromatic nitrogens is 1. The molecule has 1 heterocycles. The number of carbonyl (C=O) groups excluding carboxylic acids is 3. The second-order valence-corrected chi connectivity index (χ2v) is 6.53. The van der Waals surface area contributed by atoms with Crippen molar-refractivity contribution in [3.05, 3.63) is 46.3 Å². The van der Waals surface area contributed by atoms with Crippen LogP contribution in [0.4, 0.5) is 0 Å². The van der Waals surface area contributed by atoms with Crippen molar-refractivity contribution in [2.24, 2.45) is 0 Å². The SMILES string of the molecule is COc1ccc(CC(=O)O[C@@H](C)C(=O)c2[nH]c(C)c(C(C)=O)c2C)c(OC)c1. The van der Waals surface area contributed by atoms with Crippen LogP contribution in [0.1, 0.15) is 51.5 Å². The molecule has 0 unspecified atom stereocenters. The van der Waals surface area contributed by atoms with E-state index in [0.717, 1.165) is 0 Å². The molecule has 1 aromatic carbocycles. The summed E-state index contributed by atoms with van der Waals surface area (Å²) >= 11 is 0. The summed E-state index contributed by atoms with van der Waals surface area (Å²) in [5, 5.41) is 0. The highest BCUT2D eigenvalue weighted by Crippen LogP contribution is 2.25. The van der Waals surface area contributed by atoms with Crippen LogP contribution in [0.15, 0.2) is 18.2 Å². The third kappa shape index (κ3) is 4.42. The van der Waals surface area contributed by atoms with Crippen molar-refractivity contribution in [1.82, 2.24) is 4.98 Å². The molecular weight excluding hydrogens is 362 g/mol. The van der Waals surface area contributed by atoms with Crippen LogP contribution in [-0.2, 0) is 16.0 Å². The Morgan fingerprint density at radius 1 is 1.11 bits per heavy atom. The van der Waals surface area contributed by atoms with E-state index in [1.54, 1.807) is 32.0 Å². The first kappa shape index (κ1) is 21.2. The normalized spacial score (nSPS) is 11.6. The molecule has 0 fully saturated rings. The number of ether oxygens (including phenoxy) is 3. The van der Waals surface area contributed by atoms with E-state index in [1.807, 2.05) is 0 Å². The van der Waals surface area contributed by atoms with Crippen molar-refractivity contribution in [3.63, 3.8) is 0 Å². The fourth-order valence-electron chi connectivity index (χ4n) is 3.17. The van der Waals surface area contributed by atoms with E-state index in [-0.39, 0.29) is 23.7 Å². The quantitative estimate of drug-likeness (QED) is 0.552. The molecule has 0 radical (unpaired) electrons. The Morgan fingerprint density at radius 2 is 1.79 bits per heavy atom. The highest BCUT2D eigenvalue weighted by atomic mass is 16.5. The lowest BCUT2D eigenvalue weighted by molar-refractivity contribution is -0.145. The number of aromatic amines is 1. The van der Waals surface area contributed by atoms with E-state index in [0.29, 0.717) is 33.9 Å². The van der Waals surface area contributed by atoms with Gasteiger partial charge in [-0.3, -0.25) is 14.4 Å². The highest BCUT2D eigenvalue weighted by molar-refractivity contribution is 6.05. The summed E-state index contributed by atoms with van der Waals surface area (Å²) in [6.07, 6.45) is -1.04. The molecule has 28 heavy (non-hydrogen) atoms. The van der Waals surface area contributed by atoms with Gasteiger partial charge in [0, 0.05) is 22.9 Å². The molecule has 7 nitrogen and oxygen atoms in total. The average molecular weight is 387 g/mol. The predicted molar refractivity (Wildman–Crippen MR) is 103 cm³/mol. The van der Waals surface area contributed by atoms with Crippen LogP contribution < -0.4 is 9.47 Å². The van der Waals surface area contributed by atoms with Crippen LogP contribution in [-0.4, -0.2) is 42.8 Å². The van der Waals surface area contributed by atoms with Crippen molar-refractivity contribution in [2.75, 3.05) is 14.2 Å². The Hall–Kier alpha value is -3.09. The molecule has 1 atom stereocenters. The van der Waals surface area contributed by atoms with Gasteiger partial charge in [0.15, 0.2) is 11.9 Å². The molecule has 1 aromatic heterocycles. The number of benzene rings is 1. The van der Waals surface area contributed by atoms with Gasteiger partial charge in [0.1, 0.15) is 11.5 Å². The van der Waals surface area contributed by atoms with Gasteiger partial charge in [0.2, 0.25) is 5.78 Å². The number of rotatable bonds is 8. The van der Waals surface area contributed by atoms with Gasteiger partial charge in [-0.05, 0) is 39.3 Å². The number of H-pyrrole nitrogens is 1. The molecule has 0 aliphatic rings. The number of Topliss-reactive ketones (excluding diaryl/α,β-unsaturated/α-hetero) is 2. The van der Waals surface area contributed by atoms with Crippen LogP contribution >= 0.6 is 0 Å². The second kappa shape index (κ2) is 8.73. The highest BCUT2D eigenvalue weighted by Gasteiger charge is 2.26. The summed E-state index contributed by atoms with van der Waals surface area (Å²) in [6.45, 7) is 6.38. The van der Waals surface area contributed by atoms with E-state index < -0.39 is 12.1 Å². The Bertz CT molecular complexity index is 912. The standard InChI is InChI=1S/C21H25NO6/c1-11-19(13(3)23)12(2)22-20(11)21(25)14(4)28-18(24)9-15-7-8-16(26-5)10-17(15)27-6/h7-8,10,14,22H,9H2,1-6H3/t14-/m0/s1. The first-order valence-corrected chi connectivity index (χ1v) is 8.84. The number of aryl methyl sites for hydroxylation is 1. The summed E-state index contributed by atoms with van der Waals surface area (Å²) in [5.41, 5.74) is 2.58. The zero-order valence-electron chi connectivity index (χ0n) is 17.0. The molecule has 0 saturated heterocycles. The molecule has 0 spiro atoms. The summed E-state index contributed by atoms with van der Waals surface area (Å²) in [4.78, 5) is 39.7. The molecule has 0 amide bonds. The van der Waals surface area contributed by atoms with Crippen LogP contribution in [0.25, 0.3) is 0 Å². The molecule has 7 heteroatoms. The van der Waals surface area contributed by atoms with Gasteiger partial charge < -0.3 is 19.2 Å². The third-order valence-corrected chi connectivity index (χ3v) is 4.54. The lowest BCUT2D eigenvalue weighted by atomic mass is 10.0. The van der Waals surface area contributed by atoms with Crippen molar-refractivity contribution in [3.8, 4) is 11.5 Å². The Morgan fingerprint density at radius 3 is 2.32 bits per heavy atom. The molecule has 2 rings (SSSR count). The number of methoxy groups -OCH3 is 2. The van der Waals surface area contributed by atoms with Gasteiger partial charge in [-0.15, -0.1) is 0 Å². The van der Waals surface area contributed by atoms with E-state index in [1.165, 1.54) is 28.1 Å². The van der Waals surface area contributed by atoms with Gasteiger partial charge in [0.25, 0.3) is 0 Å². The molecule has 0 saturated carbocycles. The molecular formula is C21H25NO6. The van der Waals surface area contributed by atoms with E-state index in [2.05, 4.69) is 4.98 Å². The Labute approximate surface area is 164 Å². The summed E-state index contributed by atoms with van der Waals surface area (Å²) < 4.78 is 15.7. The van der Waals surface area contributed by atoms with Crippen molar-refractivity contribution in [1.29, 1.82) is 0 Å². The van der Waals surface area contributed by atoms with Crippen LogP contribution in [0.2, 0.25) is 0 Å². The molecule has 0 aliphatic heterocycles. The minimum absolute atomic E-state index is 0.0494. The first-order chi connectivity index (χ1) is 13.2. The zero-order chi connectivity index (χ0) is 21.0. The number of ketones is 2. The summed E-state index contributed by atoms with van der Waals surface area (Å²) in [7, 11) is 3.04. The van der Waals surface area contributed by atoms with Crippen molar-refractivity contribution >= 4 is 17.5 Å².